The molecule has 0 spiro atoms. The van der Waals surface area contributed by atoms with Crippen molar-refractivity contribution in [3.05, 3.63) is 46.1 Å². The summed E-state index contributed by atoms with van der Waals surface area (Å²) in [5.41, 5.74) is 1.08. The summed E-state index contributed by atoms with van der Waals surface area (Å²) in [5.74, 6) is 0. The number of hydrogen-bond acceptors (Lipinski definition) is 3. The van der Waals surface area contributed by atoms with Crippen molar-refractivity contribution in [3.63, 3.8) is 0 Å². The average Bonchev–Trinajstić information content (AvgIpc) is 2.65. The minimum absolute atomic E-state index is 0.634. The van der Waals surface area contributed by atoms with Gasteiger partial charge in [-0.25, -0.2) is 0 Å². The summed E-state index contributed by atoms with van der Waals surface area (Å²) in [6, 6.07) is 7.96. The van der Waals surface area contributed by atoms with Gasteiger partial charge in [-0.2, -0.15) is 0 Å². The highest BCUT2D eigenvalue weighted by Crippen LogP contribution is 2.16. The topological polar surface area (TPSA) is 46.7 Å². The van der Waals surface area contributed by atoms with Crippen LogP contribution in [0.3, 0.4) is 0 Å². The van der Waals surface area contributed by atoms with Gasteiger partial charge in [-0.1, -0.05) is 40.7 Å². The first-order valence-electron chi connectivity index (χ1n) is 4.92. The summed E-state index contributed by atoms with van der Waals surface area (Å²) in [5, 5.41) is 6.22. The molecule has 1 aromatic carbocycles. The number of rotatable bonds is 3. The number of nitrogens with zero attached hydrogens (tertiary/aromatic N) is 3. The molecule has 0 atom stereocenters. The Bertz CT molecular complexity index is 595. The lowest BCUT2D eigenvalue weighted by atomic mass is 10.3. The van der Waals surface area contributed by atoms with Crippen molar-refractivity contribution in [1.82, 2.24) is 4.57 Å². The molecule has 5 heteroatoms. The molecule has 1 heterocycles. The van der Waals surface area contributed by atoms with Crippen molar-refractivity contribution in [2.24, 2.45) is 10.4 Å². The molecule has 0 aliphatic heterocycles. The lowest BCUT2D eigenvalue weighted by Gasteiger charge is -1.99. The van der Waals surface area contributed by atoms with Gasteiger partial charge in [0, 0.05) is 6.54 Å². The number of nitroso groups, excluding NO2 is 1. The van der Waals surface area contributed by atoms with Crippen LogP contribution in [0, 0.1) is 4.91 Å². The van der Waals surface area contributed by atoms with Crippen LogP contribution in [0.4, 0.5) is 0 Å². The van der Waals surface area contributed by atoms with Crippen LogP contribution in [0.2, 0.25) is 0 Å². The molecule has 1 aromatic heterocycles. The third kappa shape index (κ3) is 1.94. The summed E-state index contributed by atoms with van der Waals surface area (Å²) in [6.45, 7) is 2.67. The molecule has 4 nitrogen and oxygen atoms in total. The summed E-state index contributed by atoms with van der Waals surface area (Å²) < 4.78 is 3.08. The SMILES string of the molecule is C/C=C/Cn1/c(=N\N=O)sc2ccccc21. The van der Waals surface area contributed by atoms with E-state index in [1.165, 1.54) is 11.3 Å². The van der Waals surface area contributed by atoms with Gasteiger partial charge < -0.3 is 4.57 Å². The third-order valence-electron chi connectivity index (χ3n) is 2.24. The lowest BCUT2D eigenvalue weighted by Crippen LogP contribution is -2.12. The maximum atomic E-state index is 10.2. The van der Waals surface area contributed by atoms with Crippen LogP contribution in [-0.2, 0) is 6.54 Å². The number of fused-ring (bicyclic) bond motifs is 1. The zero-order chi connectivity index (χ0) is 11.4. The summed E-state index contributed by atoms with van der Waals surface area (Å²) in [7, 11) is 0. The second-order valence-electron chi connectivity index (χ2n) is 3.21. The van der Waals surface area contributed by atoms with Crippen molar-refractivity contribution < 1.29 is 0 Å². The molecule has 0 saturated carbocycles. The van der Waals surface area contributed by atoms with E-state index < -0.39 is 0 Å². The largest absolute Gasteiger partial charge is 0.311 e. The van der Waals surface area contributed by atoms with E-state index in [1.54, 1.807) is 0 Å². The van der Waals surface area contributed by atoms with Crippen LogP contribution in [0.1, 0.15) is 6.92 Å². The van der Waals surface area contributed by atoms with Crippen molar-refractivity contribution in [2.45, 2.75) is 13.5 Å². The molecule has 0 bridgehead atoms. The average molecular weight is 233 g/mol. The first kappa shape index (κ1) is 10.8. The van der Waals surface area contributed by atoms with Crippen LogP contribution < -0.4 is 4.80 Å². The van der Waals surface area contributed by atoms with Gasteiger partial charge in [0.25, 0.3) is 0 Å². The van der Waals surface area contributed by atoms with Crippen molar-refractivity contribution >= 4 is 21.6 Å². The smallest absolute Gasteiger partial charge is 0.215 e. The number of aromatic nitrogens is 1. The Hall–Kier alpha value is -1.75. The van der Waals surface area contributed by atoms with E-state index in [1.807, 2.05) is 47.9 Å². The number of para-hydroxylation sites is 1. The molecule has 82 valence electrons. The van der Waals surface area contributed by atoms with E-state index in [0.29, 0.717) is 11.3 Å². The summed E-state index contributed by atoms with van der Waals surface area (Å²) in [6.07, 6.45) is 3.99. The van der Waals surface area contributed by atoms with Crippen LogP contribution in [0.5, 0.6) is 0 Å². The zero-order valence-corrected chi connectivity index (χ0v) is 9.65. The Balaban J connectivity index is 2.69. The van der Waals surface area contributed by atoms with Gasteiger partial charge >= 0.3 is 0 Å². The number of thiazole rings is 1. The Kier molecular flexibility index (Phi) is 3.26. The Morgan fingerprint density at radius 1 is 1.44 bits per heavy atom. The highest BCUT2D eigenvalue weighted by atomic mass is 32.1. The molecule has 16 heavy (non-hydrogen) atoms. The van der Waals surface area contributed by atoms with Crippen LogP contribution in [0.15, 0.2) is 46.8 Å². The highest BCUT2D eigenvalue weighted by molar-refractivity contribution is 7.16. The molecule has 0 saturated heterocycles. The zero-order valence-electron chi connectivity index (χ0n) is 8.83. The fraction of sp³-hybridized carbons (Fsp3) is 0.182. The van der Waals surface area contributed by atoms with E-state index in [0.717, 1.165) is 10.2 Å². The Morgan fingerprint density at radius 3 is 3.00 bits per heavy atom. The molecular weight excluding hydrogens is 222 g/mol. The number of hydrogen-bond donors (Lipinski definition) is 0. The highest BCUT2D eigenvalue weighted by Gasteiger charge is 2.03. The molecule has 0 aliphatic carbocycles. The van der Waals surface area contributed by atoms with Gasteiger partial charge in [0.05, 0.1) is 15.5 Å². The van der Waals surface area contributed by atoms with E-state index >= 15 is 0 Å². The summed E-state index contributed by atoms with van der Waals surface area (Å²) >= 11 is 1.47. The van der Waals surface area contributed by atoms with Crippen molar-refractivity contribution in [2.75, 3.05) is 0 Å². The second kappa shape index (κ2) is 4.85. The van der Waals surface area contributed by atoms with Gasteiger partial charge in [0.15, 0.2) is 0 Å². The minimum Gasteiger partial charge on any atom is -0.311 e. The number of allylic oxidation sites excluding steroid dienone is 2. The fourth-order valence-electron chi connectivity index (χ4n) is 1.52. The van der Waals surface area contributed by atoms with E-state index in [4.69, 9.17) is 0 Å². The van der Waals surface area contributed by atoms with E-state index in [-0.39, 0.29) is 0 Å². The molecule has 0 amide bonds. The summed E-state index contributed by atoms with van der Waals surface area (Å²) in [4.78, 5) is 10.9. The van der Waals surface area contributed by atoms with Gasteiger partial charge in [-0.3, -0.25) is 0 Å². The molecule has 0 aliphatic rings. The van der Waals surface area contributed by atoms with Crippen LogP contribution >= 0.6 is 11.3 Å². The minimum atomic E-state index is 0.634. The molecule has 0 fully saturated rings. The fourth-order valence-corrected chi connectivity index (χ4v) is 2.50. The van der Waals surface area contributed by atoms with Crippen LogP contribution in [-0.4, -0.2) is 4.57 Å². The second-order valence-corrected chi connectivity index (χ2v) is 4.22. The van der Waals surface area contributed by atoms with Gasteiger partial charge in [-0.05, 0) is 19.1 Å². The first-order chi connectivity index (χ1) is 7.86. The maximum absolute atomic E-state index is 10.2. The van der Waals surface area contributed by atoms with Gasteiger partial charge in [0.2, 0.25) is 4.80 Å². The molecular formula is C11H11N3OS. The normalized spacial score (nSPS) is 12.7. The van der Waals surface area contributed by atoms with Gasteiger partial charge in [-0.15, -0.1) is 4.91 Å². The Labute approximate surface area is 96.5 Å². The van der Waals surface area contributed by atoms with E-state index in [9.17, 15) is 4.91 Å². The van der Waals surface area contributed by atoms with Gasteiger partial charge in [0.1, 0.15) is 0 Å². The molecule has 0 unspecified atom stereocenters. The third-order valence-corrected chi connectivity index (χ3v) is 3.29. The maximum Gasteiger partial charge on any atom is 0.215 e. The molecule has 0 radical (unpaired) electrons. The van der Waals surface area contributed by atoms with Crippen molar-refractivity contribution in [3.8, 4) is 0 Å². The lowest BCUT2D eigenvalue weighted by molar-refractivity contribution is 0.807. The van der Waals surface area contributed by atoms with Crippen LogP contribution in [0.25, 0.3) is 10.2 Å². The molecule has 2 rings (SSSR count). The first-order valence-corrected chi connectivity index (χ1v) is 5.74. The molecule has 2 aromatic rings. The molecule has 0 N–H and O–H groups in total. The Morgan fingerprint density at radius 2 is 2.25 bits per heavy atom. The van der Waals surface area contributed by atoms with E-state index in [2.05, 4.69) is 10.4 Å². The standard InChI is InChI=1S/C11H11N3OS/c1-2-3-8-14-9-6-4-5-7-10(9)16-11(14)12-13-15/h2-7H,8H2,1H3/b3-2+,12-11+. The van der Waals surface area contributed by atoms with Crippen molar-refractivity contribution in [1.29, 1.82) is 0 Å². The monoisotopic (exact) mass is 233 g/mol. The predicted octanol–water partition coefficient (Wildman–Crippen LogP) is 2.86. The predicted molar refractivity (Wildman–Crippen MR) is 66.0 cm³/mol. The quantitative estimate of drug-likeness (QED) is 0.457. The number of benzene rings is 1.